The van der Waals surface area contributed by atoms with Crippen LogP contribution >= 0.6 is 0 Å². The second-order valence-electron chi connectivity index (χ2n) is 6.69. The average molecular weight is 378 g/mol. The number of aromatic nitrogens is 2. The van der Waals surface area contributed by atoms with Crippen molar-refractivity contribution in [3.63, 3.8) is 0 Å². The largest absolute Gasteiger partial charge is 0.345 e. The maximum Gasteiger partial charge on any atom is 0.261 e. The summed E-state index contributed by atoms with van der Waals surface area (Å²) in [5.74, 6) is -0.296. The van der Waals surface area contributed by atoms with Crippen LogP contribution in [0.25, 0.3) is 10.9 Å². The summed E-state index contributed by atoms with van der Waals surface area (Å²) in [6, 6.07) is 14.0. The summed E-state index contributed by atoms with van der Waals surface area (Å²) in [6.07, 6.45) is 2.27. The van der Waals surface area contributed by atoms with Gasteiger partial charge < -0.3 is 10.2 Å². The van der Waals surface area contributed by atoms with E-state index in [1.165, 1.54) is 15.8 Å². The number of rotatable bonds is 6. The number of aryl methyl sites for hydroxylation is 1. The minimum absolute atomic E-state index is 0.110. The molecule has 0 fully saturated rings. The monoisotopic (exact) mass is 378 g/mol. The Morgan fingerprint density at radius 1 is 1.11 bits per heavy atom. The van der Waals surface area contributed by atoms with E-state index < -0.39 is 0 Å². The molecule has 0 aliphatic carbocycles. The van der Waals surface area contributed by atoms with Crippen LogP contribution in [-0.4, -0.2) is 40.4 Å². The maximum absolute atomic E-state index is 12.4. The van der Waals surface area contributed by atoms with Gasteiger partial charge in [0.1, 0.15) is 0 Å². The molecule has 0 atom stereocenters. The molecule has 7 heteroatoms. The highest BCUT2D eigenvalue weighted by Gasteiger charge is 2.10. The fraction of sp³-hybridized carbons (Fsp3) is 0.238. The number of hydrogen-bond acceptors (Lipinski definition) is 4. The molecule has 3 rings (SSSR count). The Morgan fingerprint density at radius 3 is 2.68 bits per heavy atom. The fourth-order valence-electron chi connectivity index (χ4n) is 2.89. The molecular weight excluding hydrogens is 356 g/mol. The van der Waals surface area contributed by atoms with E-state index in [4.69, 9.17) is 0 Å². The molecule has 28 heavy (non-hydrogen) atoms. The molecule has 0 saturated carbocycles. The maximum atomic E-state index is 12.4. The molecule has 3 aromatic rings. The molecular formula is C21H22N4O3. The summed E-state index contributed by atoms with van der Waals surface area (Å²) in [7, 11) is 3.36. The zero-order chi connectivity index (χ0) is 20.1. The minimum Gasteiger partial charge on any atom is -0.345 e. The van der Waals surface area contributed by atoms with E-state index in [-0.39, 0.29) is 23.8 Å². The summed E-state index contributed by atoms with van der Waals surface area (Å²) in [4.78, 5) is 42.4. The number of benzene rings is 2. The normalized spacial score (nSPS) is 10.6. The van der Waals surface area contributed by atoms with Crippen LogP contribution in [0.2, 0.25) is 0 Å². The Kier molecular flexibility index (Phi) is 5.84. The van der Waals surface area contributed by atoms with Crippen LogP contribution in [0.3, 0.4) is 0 Å². The van der Waals surface area contributed by atoms with Crippen LogP contribution in [-0.2, 0) is 11.3 Å². The number of anilines is 1. The molecule has 2 aromatic carbocycles. The van der Waals surface area contributed by atoms with Gasteiger partial charge in [0.2, 0.25) is 5.91 Å². The zero-order valence-electron chi connectivity index (χ0n) is 15.9. The first kappa shape index (κ1) is 19.3. The Hall–Kier alpha value is -3.48. The summed E-state index contributed by atoms with van der Waals surface area (Å²) in [6.45, 7) is 0.406. The third kappa shape index (κ3) is 4.43. The first-order chi connectivity index (χ1) is 13.5. The van der Waals surface area contributed by atoms with Gasteiger partial charge in [0.05, 0.1) is 17.2 Å². The third-order valence-corrected chi connectivity index (χ3v) is 4.33. The molecule has 0 spiro atoms. The zero-order valence-corrected chi connectivity index (χ0v) is 15.9. The lowest BCUT2D eigenvalue weighted by atomic mass is 10.1. The van der Waals surface area contributed by atoms with Crippen LogP contribution in [0.4, 0.5) is 5.69 Å². The van der Waals surface area contributed by atoms with Crippen molar-refractivity contribution in [1.29, 1.82) is 0 Å². The minimum atomic E-state index is -0.170. The highest BCUT2D eigenvalue weighted by Crippen LogP contribution is 2.13. The van der Waals surface area contributed by atoms with Crippen molar-refractivity contribution in [3.8, 4) is 0 Å². The van der Waals surface area contributed by atoms with Gasteiger partial charge in [-0.1, -0.05) is 18.2 Å². The Morgan fingerprint density at radius 2 is 1.89 bits per heavy atom. The highest BCUT2D eigenvalue weighted by atomic mass is 16.2. The fourth-order valence-corrected chi connectivity index (χ4v) is 2.89. The van der Waals surface area contributed by atoms with E-state index in [0.29, 0.717) is 35.1 Å². The Labute approximate surface area is 162 Å². The van der Waals surface area contributed by atoms with Crippen molar-refractivity contribution in [1.82, 2.24) is 14.5 Å². The van der Waals surface area contributed by atoms with Crippen molar-refractivity contribution in [2.75, 3.05) is 19.4 Å². The molecule has 2 amide bonds. The Balaban J connectivity index is 1.58. The van der Waals surface area contributed by atoms with Crippen LogP contribution in [0.15, 0.2) is 59.7 Å². The molecule has 144 valence electrons. The van der Waals surface area contributed by atoms with Gasteiger partial charge in [0.25, 0.3) is 11.5 Å². The molecule has 0 aliphatic rings. The van der Waals surface area contributed by atoms with Gasteiger partial charge >= 0.3 is 0 Å². The number of carbonyl (C=O) groups is 2. The van der Waals surface area contributed by atoms with Crippen molar-refractivity contribution in [2.45, 2.75) is 19.4 Å². The lowest BCUT2D eigenvalue weighted by molar-refractivity contribution is -0.116. The summed E-state index contributed by atoms with van der Waals surface area (Å²) >= 11 is 0. The van der Waals surface area contributed by atoms with Crippen LogP contribution in [0.5, 0.6) is 0 Å². The number of para-hydroxylation sites is 1. The van der Waals surface area contributed by atoms with E-state index in [1.54, 1.807) is 56.6 Å². The van der Waals surface area contributed by atoms with Crippen molar-refractivity contribution >= 4 is 28.4 Å². The molecule has 7 nitrogen and oxygen atoms in total. The van der Waals surface area contributed by atoms with E-state index in [1.807, 2.05) is 6.07 Å². The molecule has 1 heterocycles. The third-order valence-electron chi connectivity index (χ3n) is 4.33. The van der Waals surface area contributed by atoms with Gasteiger partial charge in [0.15, 0.2) is 0 Å². The van der Waals surface area contributed by atoms with E-state index in [0.717, 1.165) is 0 Å². The lowest BCUT2D eigenvalue weighted by Gasteiger charge is -2.12. The standard InChI is InChI=1S/C21H22N4O3/c1-24(2)20(27)15-7-5-8-16(13-15)23-19(26)11-6-12-25-14-22-18-10-4-3-9-17(18)21(25)28/h3-5,7-10,13-14H,6,11-12H2,1-2H3,(H,23,26). The van der Waals surface area contributed by atoms with Crippen molar-refractivity contribution in [2.24, 2.45) is 0 Å². The number of carbonyl (C=O) groups excluding carboxylic acids is 2. The molecule has 0 saturated heterocycles. The van der Waals surface area contributed by atoms with Crippen molar-refractivity contribution < 1.29 is 9.59 Å². The van der Waals surface area contributed by atoms with Crippen LogP contribution in [0, 0.1) is 0 Å². The molecule has 0 aliphatic heterocycles. The topological polar surface area (TPSA) is 84.3 Å². The first-order valence-electron chi connectivity index (χ1n) is 9.01. The van der Waals surface area contributed by atoms with Gasteiger partial charge in [0, 0.05) is 38.3 Å². The van der Waals surface area contributed by atoms with Gasteiger partial charge in [-0.05, 0) is 36.8 Å². The predicted octanol–water partition coefficient (Wildman–Crippen LogP) is 2.52. The summed E-state index contributed by atoms with van der Waals surface area (Å²) in [5.41, 5.74) is 1.63. The lowest BCUT2D eigenvalue weighted by Crippen LogP contribution is -2.22. The van der Waals surface area contributed by atoms with E-state index >= 15 is 0 Å². The Bertz CT molecular complexity index is 1070. The smallest absolute Gasteiger partial charge is 0.261 e. The second-order valence-corrected chi connectivity index (χ2v) is 6.69. The van der Waals surface area contributed by atoms with E-state index in [2.05, 4.69) is 10.3 Å². The van der Waals surface area contributed by atoms with Gasteiger partial charge in [-0.3, -0.25) is 19.0 Å². The van der Waals surface area contributed by atoms with Gasteiger partial charge in [-0.25, -0.2) is 4.98 Å². The molecule has 0 bridgehead atoms. The summed E-state index contributed by atoms with van der Waals surface area (Å²) in [5, 5.41) is 3.36. The molecule has 1 aromatic heterocycles. The number of hydrogen-bond donors (Lipinski definition) is 1. The first-order valence-corrected chi connectivity index (χ1v) is 9.01. The second kappa shape index (κ2) is 8.47. The summed E-state index contributed by atoms with van der Waals surface area (Å²) < 4.78 is 1.52. The number of fused-ring (bicyclic) bond motifs is 1. The SMILES string of the molecule is CN(C)C(=O)c1cccc(NC(=O)CCCn2cnc3ccccc3c2=O)c1. The number of nitrogens with one attached hydrogen (secondary N) is 1. The van der Waals surface area contributed by atoms with Gasteiger partial charge in [-0.2, -0.15) is 0 Å². The van der Waals surface area contributed by atoms with Gasteiger partial charge in [-0.15, -0.1) is 0 Å². The molecule has 1 N–H and O–H groups in total. The van der Waals surface area contributed by atoms with E-state index in [9.17, 15) is 14.4 Å². The number of nitrogens with zero attached hydrogens (tertiary/aromatic N) is 3. The number of amides is 2. The average Bonchev–Trinajstić information content (AvgIpc) is 2.69. The van der Waals surface area contributed by atoms with Crippen LogP contribution in [0.1, 0.15) is 23.2 Å². The highest BCUT2D eigenvalue weighted by molar-refractivity contribution is 5.97. The van der Waals surface area contributed by atoms with Crippen molar-refractivity contribution in [3.05, 3.63) is 70.8 Å². The predicted molar refractivity (Wildman–Crippen MR) is 108 cm³/mol. The molecule has 0 unspecified atom stereocenters. The molecule has 0 radical (unpaired) electrons. The quantitative estimate of drug-likeness (QED) is 0.714. The van der Waals surface area contributed by atoms with Crippen LogP contribution < -0.4 is 10.9 Å².